The summed E-state index contributed by atoms with van der Waals surface area (Å²) >= 11 is 0. The molecule has 152 valence electrons. The minimum absolute atomic E-state index is 0.0972. The maximum absolute atomic E-state index is 8.36. The second-order valence-electron chi connectivity index (χ2n) is 7.00. The van der Waals surface area contributed by atoms with E-state index in [1.807, 2.05) is 22.9 Å². The topological polar surface area (TPSA) is 118 Å². The molecule has 0 fully saturated rings. The third-order valence-corrected chi connectivity index (χ3v) is 5.11. The van der Waals surface area contributed by atoms with Crippen LogP contribution in [0.3, 0.4) is 0 Å². The normalized spacial score (nSPS) is 14.1. The van der Waals surface area contributed by atoms with Crippen LogP contribution in [0.2, 0.25) is 0 Å². The van der Waals surface area contributed by atoms with Crippen molar-refractivity contribution in [3.8, 4) is 11.5 Å². The predicted molar refractivity (Wildman–Crippen MR) is 106 cm³/mol. The lowest BCUT2D eigenvalue weighted by Crippen LogP contribution is -2.29. The first-order valence-electron chi connectivity index (χ1n) is 9.54. The van der Waals surface area contributed by atoms with Crippen LogP contribution in [-0.4, -0.2) is 26.0 Å². The highest BCUT2D eigenvalue weighted by molar-refractivity contribution is 5.85. The summed E-state index contributed by atoms with van der Waals surface area (Å²) in [6.45, 7) is 0.970. The van der Waals surface area contributed by atoms with E-state index in [-0.39, 0.29) is 12.4 Å². The molecule has 0 saturated carbocycles. The SMILES string of the molecule is N=c1nc2c(c3ncn(CCCc4ccc5c(c4)OCO5)n13)NN(c1ccco1)N2. The van der Waals surface area contributed by atoms with Crippen molar-refractivity contribution in [2.75, 3.05) is 22.8 Å². The zero-order valence-electron chi connectivity index (χ0n) is 15.8. The van der Waals surface area contributed by atoms with Gasteiger partial charge >= 0.3 is 0 Å². The first-order chi connectivity index (χ1) is 14.8. The smallest absolute Gasteiger partial charge is 0.245 e. The molecule has 0 bridgehead atoms. The van der Waals surface area contributed by atoms with Crippen LogP contribution < -0.4 is 31.1 Å². The van der Waals surface area contributed by atoms with E-state index >= 15 is 0 Å². The molecule has 30 heavy (non-hydrogen) atoms. The van der Waals surface area contributed by atoms with Crippen LogP contribution in [0.1, 0.15) is 12.0 Å². The molecule has 0 unspecified atom stereocenters. The molecule has 11 nitrogen and oxygen atoms in total. The Kier molecular flexibility index (Phi) is 3.60. The quantitative estimate of drug-likeness (QED) is 0.461. The minimum Gasteiger partial charge on any atom is -0.454 e. The molecule has 2 aliphatic rings. The van der Waals surface area contributed by atoms with Gasteiger partial charge in [0.25, 0.3) is 0 Å². The second-order valence-corrected chi connectivity index (χ2v) is 7.00. The van der Waals surface area contributed by atoms with Crippen LogP contribution >= 0.6 is 0 Å². The molecule has 2 aliphatic heterocycles. The summed E-state index contributed by atoms with van der Waals surface area (Å²) in [6.07, 6.45) is 5.06. The van der Waals surface area contributed by atoms with Gasteiger partial charge in [0.2, 0.25) is 18.3 Å². The van der Waals surface area contributed by atoms with Crippen molar-refractivity contribution in [3.05, 3.63) is 54.1 Å². The van der Waals surface area contributed by atoms with Gasteiger partial charge in [-0.2, -0.15) is 14.6 Å². The summed E-state index contributed by atoms with van der Waals surface area (Å²) in [6, 6.07) is 9.62. The van der Waals surface area contributed by atoms with Gasteiger partial charge in [0.15, 0.2) is 23.0 Å². The number of furan rings is 1. The summed E-state index contributed by atoms with van der Waals surface area (Å²) in [4.78, 5) is 8.87. The Hall–Kier alpha value is -4.15. The molecule has 0 spiro atoms. The molecular formula is C19H18N8O3. The lowest BCUT2D eigenvalue weighted by molar-refractivity contribution is 0.174. The highest BCUT2D eigenvalue weighted by atomic mass is 16.7. The van der Waals surface area contributed by atoms with Crippen molar-refractivity contribution in [1.29, 1.82) is 5.41 Å². The maximum atomic E-state index is 8.36. The fourth-order valence-corrected chi connectivity index (χ4v) is 3.69. The number of hydrazine groups is 2. The van der Waals surface area contributed by atoms with Gasteiger partial charge in [-0.3, -0.25) is 20.9 Å². The Morgan fingerprint density at radius 3 is 2.97 bits per heavy atom. The molecule has 0 aliphatic carbocycles. The molecule has 6 rings (SSSR count). The number of hydrogen-bond acceptors (Lipinski definition) is 9. The van der Waals surface area contributed by atoms with Crippen LogP contribution in [0.25, 0.3) is 5.65 Å². The Morgan fingerprint density at radius 1 is 1.13 bits per heavy atom. The number of ether oxygens (including phenoxy) is 2. The Morgan fingerprint density at radius 2 is 2.07 bits per heavy atom. The second kappa shape index (κ2) is 6.44. The van der Waals surface area contributed by atoms with Gasteiger partial charge in [-0.25, -0.2) is 4.98 Å². The number of aromatic nitrogens is 4. The number of rotatable bonds is 5. The zero-order valence-corrected chi connectivity index (χ0v) is 15.8. The Labute approximate surface area is 169 Å². The van der Waals surface area contributed by atoms with Gasteiger partial charge in [-0.05, 0) is 36.6 Å². The zero-order chi connectivity index (χ0) is 20.1. The van der Waals surface area contributed by atoms with Crippen molar-refractivity contribution in [3.63, 3.8) is 0 Å². The van der Waals surface area contributed by atoms with Crippen LogP contribution in [0.15, 0.2) is 47.3 Å². The molecule has 0 saturated heterocycles. The summed E-state index contributed by atoms with van der Waals surface area (Å²) in [5, 5.41) is 9.97. The highest BCUT2D eigenvalue weighted by Gasteiger charge is 2.26. The van der Waals surface area contributed by atoms with Crippen LogP contribution in [0.5, 0.6) is 11.5 Å². The maximum Gasteiger partial charge on any atom is 0.245 e. The summed E-state index contributed by atoms with van der Waals surface area (Å²) in [5.74, 6) is 2.70. The number of nitrogens with zero attached hydrogens (tertiary/aromatic N) is 5. The number of fused-ring (bicyclic) bond motifs is 4. The highest BCUT2D eigenvalue weighted by Crippen LogP contribution is 2.33. The standard InChI is InChI=1S/C19H18N8O3/c20-19-22-17-16(23-27(24-17)15-4-2-8-28-15)18-21-10-25(26(18)19)7-1-3-12-5-6-13-14(9-12)30-11-29-13/h2,4-6,8-10,23H,1,3,7,11H2,(H2,20,22,24). The molecule has 0 radical (unpaired) electrons. The average molecular weight is 406 g/mol. The van der Waals surface area contributed by atoms with Gasteiger partial charge in [0.1, 0.15) is 12.0 Å². The molecule has 3 N–H and O–H groups in total. The molecule has 1 aromatic carbocycles. The number of benzene rings is 1. The van der Waals surface area contributed by atoms with Crippen LogP contribution in [-0.2, 0) is 13.0 Å². The van der Waals surface area contributed by atoms with Crippen molar-refractivity contribution < 1.29 is 13.9 Å². The molecule has 3 aromatic heterocycles. The summed E-state index contributed by atoms with van der Waals surface area (Å²) < 4.78 is 19.8. The van der Waals surface area contributed by atoms with Crippen molar-refractivity contribution >= 4 is 23.0 Å². The molecular weight excluding hydrogens is 388 g/mol. The van der Waals surface area contributed by atoms with E-state index in [0.717, 1.165) is 24.3 Å². The largest absolute Gasteiger partial charge is 0.454 e. The molecule has 0 amide bonds. The van der Waals surface area contributed by atoms with Gasteiger partial charge < -0.3 is 13.9 Å². The number of nitrogens with one attached hydrogen (secondary N) is 3. The lowest BCUT2D eigenvalue weighted by Gasteiger charge is -2.13. The van der Waals surface area contributed by atoms with E-state index in [0.29, 0.717) is 29.6 Å². The molecule has 0 atom stereocenters. The third kappa shape index (κ3) is 2.63. The van der Waals surface area contributed by atoms with Gasteiger partial charge in [-0.15, -0.1) is 0 Å². The van der Waals surface area contributed by atoms with Crippen molar-refractivity contribution in [1.82, 2.24) is 19.2 Å². The first kappa shape index (κ1) is 16.8. The molecule has 4 aromatic rings. The first-order valence-corrected chi connectivity index (χ1v) is 9.54. The summed E-state index contributed by atoms with van der Waals surface area (Å²) in [7, 11) is 0. The monoisotopic (exact) mass is 406 g/mol. The average Bonchev–Trinajstić information content (AvgIpc) is 3.52. The van der Waals surface area contributed by atoms with Crippen LogP contribution in [0.4, 0.5) is 17.4 Å². The molecule has 11 heteroatoms. The Bertz CT molecular complexity index is 1290. The van der Waals surface area contributed by atoms with Crippen LogP contribution in [0, 0.1) is 5.41 Å². The summed E-state index contributed by atoms with van der Waals surface area (Å²) in [5.41, 5.74) is 8.85. The van der Waals surface area contributed by atoms with Gasteiger partial charge in [-0.1, -0.05) is 6.07 Å². The van der Waals surface area contributed by atoms with E-state index in [1.54, 1.807) is 28.3 Å². The van der Waals surface area contributed by atoms with Crippen molar-refractivity contribution in [2.24, 2.45) is 0 Å². The van der Waals surface area contributed by atoms with E-state index < -0.39 is 0 Å². The Balaban J connectivity index is 1.22. The fraction of sp³-hybridized carbons (Fsp3) is 0.211. The fourth-order valence-electron chi connectivity index (χ4n) is 3.69. The third-order valence-electron chi connectivity index (χ3n) is 5.11. The number of aryl methyl sites for hydroxylation is 2. The van der Waals surface area contributed by atoms with Gasteiger partial charge in [0.05, 0.1) is 6.26 Å². The van der Waals surface area contributed by atoms with Crippen molar-refractivity contribution in [2.45, 2.75) is 19.4 Å². The number of anilines is 3. The number of hydrogen-bond donors (Lipinski definition) is 3. The van der Waals surface area contributed by atoms with E-state index in [4.69, 9.17) is 19.3 Å². The lowest BCUT2D eigenvalue weighted by atomic mass is 10.1. The molecule has 5 heterocycles. The van der Waals surface area contributed by atoms with E-state index in [2.05, 4.69) is 26.9 Å². The van der Waals surface area contributed by atoms with E-state index in [9.17, 15) is 0 Å². The minimum atomic E-state index is 0.0972. The van der Waals surface area contributed by atoms with E-state index in [1.165, 1.54) is 5.56 Å². The predicted octanol–water partition coefficient (Wildman–Crippen LogP) is 2.14. The van der Waals surface area contributed by atoms with Gasteiger partial charge in [0, 0.05) is 12.6 Å².